The van der Waals surface area contributed by atoms with Crippen LogP contribution in [0.4, 0.5) is 0 Å². The van der Waals surface area contributed by atoms with Crippen molar-refractivity contribution in [2.24, 2.45) is 7.05 Å². The molecule has 118 valence electrons. The monoisotopic (exact) mass is 319 g/mol. The smallest absolute Gasteiger partial charge is 0.105 e. The topological polar surface area (TPSA) is 30.3 Å². The van der Waals surface area contributed by atoms with E-state index in [1.54, 1.807) is 0 Å². The van der Waals surface area contributed by atoms with Crippen molar-refractivity contribution in [2.75, 3.05) is 19.7 Å². The van der Waals surface area contributed by atoms with Crippen molar-refractivity contribution in [3.05, 3.63) is 52.6 Å². The van der Waals surface area contributed by atoms with Crippen LogP contribution in [-0.4, -0.2) is 40.3 Å². The summed E-state index contributed by atoms with van der Waals surface area (Å²) in [5.74, 6) is 1.05. The molecule has 0 aliphatic carbocycles. The minimum Gasteiger partial charge on any atom is -0.375 e. The van der Waals surface area contributed by atoms with Gasteiger partial charge in [-0.2, -0.15) is 0 Å². The van der Waals surface area contributed by atoms with E-state index in [1.807, 2.05) is 31.3 Å². The Kier molecular flexibility index (Phi) is 4.81. The van der Waals surface area contributed by atoms with Gasteiger partial charge in [0.1, 0.15) is 5.82 Å². The van der Waals surface area contributed by atoms with Crippen LogP contribution >= 0.6 is 11.6 Å². The molecule has 0 radical (unpaired) electrons. The Labute approximate surface area is 136 Å². The van der Waals surface area contributed by atoms with Gasteiger partial charge < -0.3 is 9.30 Å². The zero-order valence-electron chi connectivity index (χ0n) is 13.1. The second-order valence-electron chi connectivity index (χ2n) is 5.88. The molecule has 2 heterocycles. The highest BCUT2D eigenvalue weighted by molar-refractivity contribution is 6.31. The maximum absolute atomic E-state index is 6.25. The highest BCUT2D eigenvalue weighted by atomic mass is 35.5. The predicted molar refractivity (Wildman–Crippen MR) is 88.1 cm³/mol. The molecule has 4 nitrogen and oxygen atoms in total. The molecule has 5 heteroatoms. The molecule has 1 saturated heterocycles. The molecular formula is C17H22ClN3O. The van der Waals surface area contributed by atoms with Gasteiger partial charge in [-0.25, -0.2) is 4.98 Å². The van der Waals surface area contributed by atoms with E-state index in [9.17, 15) is 0 Å². The van der Waals surface area contributed by atoms with Crippen molar-refractivity contribution in [1.82, 2.24) is 14.5 Å². The van der Waals surface area contributed by atoms with Crippen LogP contribution in [0.3, 0.4) is 0 Å². The summed E-state index contributed by atoms with van der Waals surface area (Å²) in [6.45, 7) is 5.60. The number of nitrogens with zero attached hydrogens (tertiary/aromatic N) is 3. The summed E-state index contributed by atoms with van der Waals surface area (Å²) in [5.41, 5.74) is 2.41. The molecule has 1 aliphatic rings. The van der Waals surface area contributed by atoms with Crippen LogP contribution in [0.25, 0.3) is 0 Å². The van der Waals surface area contributed by atoms with Crippen molar-refractivity contribution < 1.29 is 4.74 Å². The van der Waals surface area contributed by atoms with Crippen LogP contribution in [0, 0.1) is 6.92 Å². The molecule has 0 N–H and O–H groups in total. The molecule has 22 heavy (non-hydrogen) atoms. The lowest BCUT2D eigenvalue weighted by molar-refractivity contribution is -0.0310. The lowest BCUT2D eigenvalue weighted by Crippen LogP contribution is -2.43. The van der Waals surface area contributed by atoms with Gasteiger partial charge in [-0.3, -0.25) is 4.90 Å². The summed E-state index contributed by atoms with van der Waals surface area (Å²) in [6.07, 6.45) is 3.03. The molecular weight excluding hydrogens is 298 g/mol. The molecule has 0 spiro atoms. The van der Waals surface area contributed by atoms with Gasteiger partial charge in [0.05, 0.1) is 18.4 Å². The molecule has 0 amide bonds. The molecule has 0 saturated carbocycles. The second kappa shape index (κ2) is 6.82. The van der Waals surface area contributed by atoms with Gasteiger partial charge in [-0.15, -0.1) is 0 Å². The zero-order chi connectivity index (χ0) is 15.5. The molecule has 1 aliphatic heterocycles. The Balaban J connectivity index is 1.62. The number of hydrogen-bond donors (Lipinski definition) is 0. The standard InChI is InChI=1S/C17H22ClN3O/c1-13-19-10-15(20(13)2)11-21-7-8-22-16(12-21)9-14-5-3-4-6-17(14)18/h3-6,10,16H,7-9,11-12H2,1-2H3. The Morgan fingerprint density at radius 3 is 2.91 bits per heavy atom. The molecule has 0 bridgehead atoms. The fraction of sp³-hybridized carbons (Fsp3) is 0.471. The maximum atomic E-state index is 6.25. The fourth-order valence-corrected chi connectivity index (χ4v) is 3.09. The molecule has 1 fully saturated rings. The summed E-state index contributed by atoms with van der Waals surface area (Å²) >= 11 is 6.25. The lowest BCUT2D eigenvalue weighted by atomic mass is 10.1. The van der Waals surface area contributed by atoms with Crippen molar-refractivity contribution in [3.8, 4) is 0 Å². The van der Waals surface area contributed by atoms with Gasteiger partial charge in [0.15, 0.2) is 0 Å². The number of hydrogen-bond acceptors (Lipinski definition) is 3. The molecule has 3 rings (SSSR count). The minimum absolute atomic E-state index is 0.197. The van der Waals surface area contributed by atoms with E-state index in [1.165, 1.54) is 5.69 Å². The van der Waals surface area contributed by atoms with Crippen LogP contribution in [0.15, 0.2) is 30.5 Å². The average Bonchev–Trinajstić information content (AvgIpc) is 2.82. The average molecular weight is 320 g/mol. The van der Waals surface area contributed by atoms with Gasteiger partial charge in [0.25, 0.3) is 0 Å². The summed E-state index contributed by atoms with van der Waals surface area (Å²) in [6, 6.07) is 8.01. The Morgan fingerprint density at radius 1 is 1.36 bits per heavy atom. The van der Waals surface area contributed by atoms with Crippen LogP contribution in [-0.2, 0) is 24.8 Å². The van der Waals surface area contributed by atoms with E-state index in [2.05, 4.69) is 27.6 Å². The first-order chi connectivity index (χ1) is 10.6. The maximum Gasteiger partial charge on any atom is 0.105 e. The summed E-state index contributed by atoms with van der Waals surface area (Å²) in [4.78, 5) is 6.80. The Bertz CT molecular complexity index is 641. The van der Waals surface area contributed by atoms with Crippen LogP contribution < -0.4 is 0 Å². The SMILES string of the molecule is Cc1ncc(CN2CCOC(Cc3ccccc3Cl)C2)n1C. The largest absolute Gasteiger partial charge is 0.375 e. The molecule has 1 aromatic carbocycles. The number of benzene rings is 1. The van der Waals surface area contributed by atoms with E-state index < -0.39 is 0 Å². The molecule has 1 unspecified atom stereocenters. The first kappa shape index (κ1) is 15.5. The van der Waals surface area contributed by atoms with Gasteiger partial charge >= 0.3 is 0 Å². The Hall–Kier alpha value is -1.36. The van der Waals surface area contributed by atoms with Gasteiger partial charge in [0.2, 0.25) is 0 Å². The molecule has 1 aromatic heterocycles. The first-order valence-electron chi connectivity index (χ1n) is 7.68. The van der Waals surface area contributed by atoms with E-state index in [0.717, 1.165) is 49.1 Å². The molecule has 1 atom stereocenters. The van der Waals surface area contributed by atoms with Crippen LogP contribution in [0.1, 0.15) is 17.1 Å². The van der Waals surface area contributed by atoms with E-state index in [0.29, 0.717) is 0 Å². The van der Waals surface area contributed by atoms with Crippen molar-refractivity contribution in [1.29, 1.82) is 0 Å². The third-order valence-electron chi connectivity index (χ3n) is 4.33. The van der Waals surface area contributed by atoms with Gasteiger partial charge in [-0.1, -0.05) is 29.8 Å². The number of ether oxygens (including phenoxy) is 1. The second-order valence-corrected chi connectivity index (χ2v) is 6.29. The lowest BCUT2D eigenvalue weighted by Gasteiger charge is -2.33. The van der Waals surface area contributed by atoms with Crippen molar-refractivity contribution >= 4 is 11.6 Å². The van der Waals surface area contributed by atoms with E-state index >= 15 is 0 Å². The van der Waals surface area contributed by atoms with Crippen molar-refractivity contribution in [3.63, 3.8) is 0 Å². The number of aryl methyl sites for hydroxylation is 1. The third-order valence-corrected chi connectivity index (χ3v) is 4.70. The quantitative estimate of drug-likeness (QED) is 0.868. The highest BCUT2D eigenvalue weighted by Crippen LogP contribution is 2.20. The number of rotatable bonds is 4. The number of aromatic nitrogens is 2. The van der Waals surface area contributed by atoms with Gasteiger partial charge in [0, 0.05) is 44.3 Å². The Morgan fingerprint density at radius 2 is 2.18 bits per heavy atom. The summed E-state index contributed by atoms with van der Waals surface area (Å²) in [5, 5.41) is 0.825. The highest BCUT2D eigenvalue weighted by Gasteiger charge is 2.22. The predicted octanol–water partition coefficient (Wildman–Crippen LogP) is 2.83. The van der Waals surface area contributed by atoms with Crippen LogP contribution in [0.5, 0.6) is 0 Å². The van der Waals surface area contributed by atoms with Crippen molar-refractivity contribution in [2.45, 2.75) is 26.0 Å². The van der Waals surface area contributed by atoms with Gasteiger partial charge in [-0.05, 0) is 18.6 Å². The normalized spacial score (nSPS) is 19.5. The summed E-state index contributed by atoms with van der Waals surface area (Å²) < 4.78 is 8.07. The number of imidazole rings is 1. The van der Waals surface area contributed by atoms with E-state index in [4.69, 9.17) is 16.3 Å². The first-order valence-corrected chi connectivity index (χ1v) is 8.06. The molecule has 2 aromatic rings. The third kappa shape index (κ3) is 3.51. The zero-order valence-corrected chi connectivity index (χ0v) is 13.9. The summed E-state index contributed by atoms with van der Waals surface area (Å²) in [7, 11) is 2.07. The minimum atomic E-state index is 0.197. The number of halogens is 1. The van der Waals surface area contributed by atoms with Crippen LogP contribution in [0.2, 0.25) is 5.02 Å². The number of morpholine rings is 1. The van der Waals surface area contributed by atoms with E-state index in [-0.39, 0.29) is 6.10 Å². The fourth-order valence-electron chi connectivity index (χ4n) is 2.88.